The first kappa shape index (κ1) is 16.0. The number of hydrogen-bond donors (Lipinski definition) is 2. The van der Waals surface area contributed by atoms with E-state index in [1.54, 1.807) is 0 Å². The first-order chi connectivity index (χ1) is 9.26. The van der Waals surface area contributed by atoms with Crippen molar-refractivity contribution in [3.05, 3.63) is 29.8 Å². The Morgan fingerprint density at radius 3 is 2.30 bits per heavy atom. The Bertz CT molecular complexity index is 461. The second kappa shape index (κ2) is 6.93. The van der Waals surface area contributed by atoms with Crippen LogP contribution < -0.4 is 15.8 Å². The monoisotopic (exact) mass is 278 g/mol. The molecular weight excluding hydrogens is 256 g/mol. The molecular formula is C15H22N2O3. The van der Waals surface area contributed by atoms with E-state index in [0.29, 0.717) is 0 Å². The molecule has 20 heavy (non-hydrogen) atoms. The topological polar surface area (TPSA) is 81.4 Å². The van der Waals surface area contributed by atoms with Gasteiger partial charge in [0.25, 0.3) is 0 Å². The van der Waals surface area contributed by atoms with Gasteiger partial charge in [0, 0.05) is 13.0 Å². The van der Waals surface area contributed by atoms with Crippen molar-refractivity contribution in [1.29, 1.82) is 0 Å². The summed E-state index contributed by atoms with van der Waals surface area (Å²) in [7, 11) is 0. The molecule has 110 valence electrons. The van der Waals surface area contributed by atoms with Crippen LogP contribution in [0.3, 0.4) is 0 Å². The van der Waals surface area contributed by atoms with Crippen LogP contribution in [-0.2, 0) is 16.0 Å². The number of amides is 2. The maximum absolute atomic E-state index is 11.6. The Kier molecular flexibility index (Phi) is 5.55. The molecule has 0 aromatic heterocycles. The summed E-state index contributed by atoms with van der Waals surface area (Å²) in [5, 5.41) is 2.64. The van der Waals surface area contributed by atoms with Gasteiger partial charge in [0.05, 0.1) is 6.42 Å². The van der Waals surface area contributed by atoms with Crippen LogP contribution in [0.15, 0.2) is 24.3 Å². The zero-order valence-electron chi connectivity index (χ0n) is 12.2. The molecule has 0 fully saturated rings. The third kappa shape index (κ3) is 6.78. The predicted octanol–water partition coefficient (Wildman–Crippen LogP) is 1.40. The summed E-state index contributed by atoms with van der Waals surface area (Å²) in [6.45, 7) is 6.21. The molecule has 3 N–H and O–H groups in total. The van der Waals surface area contributed by atoms with Gasteiger partial charge in [-0.15, -0.1) is 0 Å². The van der Waals surface area contributed by atoms with Gasteiger partial charge in [-0.05, 0) is 38.5 Å². The van der Waals surface area contributed by atoms with E-state index in [9.17, 15) is 9.59 Å². The number of hydrogen-bond acceptors (Lipinski definition) is 3. The van der Waals surface area contributed by atoms with Crippen LogP contribution in [0.1, 0.15) is 32.8 Å². The number of nitrogens with two attached hydrogens (primary N) is 1. The van der Waals surface area contributed by atoms with Crippen LogP contribution >= 0.6 is 0 Å². The summed E-state index contributed by atoms with van der Waals surface area (Å²) >= 11 is 0. The first-order valence-corrected chi connectivity index (χ1v) is 6.59. The number of carbonyl (C=O) groups is 2. The fourth-order valence-corrected chi connectivity index (χ4v) is 1.60. The van der Waals surface area contributed by atoms with Gasteiger partial charge in [-0.1, -0.05) is 12.1 Å². The molecule has 0 radical (unpaired) electrons. The highest BCUT2D eigenvalue weighted by Gasteiger charge is 2.11. The van der Waals surface area contributed by atoms with Crippen LogP contribution in [0.25, 0.3) is 0 Å². The molecule has 0 unspecified atom stereocenters. The minimum Gasteiger partial charge on any atom is -0.488 e. The molecule has 0 saturated carbocycles. The first-order valence-electron chi connectivity index (χ1n) is 6.59. The highest BCUT2D eigenvalue weighted by molar-refractivity contribution is 5.79. The van der Waals surface area contributed by atoms with E-state index in [1.807, 2.05) is 45.0 Å². The van der Waals surface area contributed by atoms with Gasteiger partial charge in [-0.25, -0.2) is 0 Å². The van der Waals surface area contributed by atoms with Gasteiger partial charge in [0.1, 0.15) is 11.4 Å². The molecule has 0 saturated heterocycles. The van der Waals surface area contributed by atoms with Crippen LogP contribution in [0.4, 0.5) is 0 Å². The number of rotatable bonds is 6. The lowest BCUT2D eigenvalue weighted by Gasteiger charge is -2.21. The van der Waals surface area contributed by atoms with Gasteiger partial charge in [-0.3, -0.25) is 9.59 Å². The van der Waals surface area contributed by atoms with E-state index in [1.165, 1.54) is 0 Å². The lowest BCUT2D eigenvalue weighted by Crippen LogP contribution is -2.29. The summed E-state index contributed by atoms with van der Waals surface area (Å²) in [5.74, 6) is 0.222. The van der Waals surface area contributed by atoms with Crippen molar-refractivity contribution in [2.24, 2.45) is 5.73 Å². The quantitative estimate of drug-likeness (QED) is 0.825. The molecule has 0 aliphatic rings. The van der Waals surface area contributed by atoms with E-state index in [2.05, 4.69) is 5.32 Å². The minimum absolute atomic E-state index is 0.129. The molecule has 5 nitrogen and oxygen atoms in total. The van der Waals surface area contributed by atoms with Gasteiger partial charge in [0.15, 0.2) is 0 Å². The van der Waals surface area contributed by atoms with Crippen LogP contribution in [0.2, 0.25) is 0 Å². The Hall–Kier alpha value is -2.04. The molecule has 1 aromatic rings. The smallest absolute Gasteiger partial charge is 0.224 e. The minimum atomic E-state index is -0.422. The molecule has 0 aliphatic carbocycles. The second-order valence-electron chi connectivity index (χ2n) is 5.60. The Balaban J connectivity index is 2.45. The van der Waals surface area contributed by atoms with Gasteiger partial charge < -0.3 is 15.8 Å². The third-order valence-electron chi connectivity index (χ3n) is 2.41. The summed E-state index contributed by atoms with van der Waals surface area (Å²) in [6, 6.07) is 7.40. The Morgan fingerprint density at radius 2 is 1.80 bits per heavy atom. The maximum atomic E-state index is 11.6. The van der Waals surface area contributed by atoms with E-state index in [-0.39, 0.29) is 30.9 Å². The number of nitrogens with one attached hydrogen (secondary N) is 1. The third-order valence-corrected chi connectivity index (χ3v) is 2.41. The Labute approximate surface area is 119 Å². The summed E-state index contributed by atoms with van der Waals surface area (Å²) in [4.78, 5) is 22.2. The second-order valence-corrected chi connectivity index (χ2v) is 5.60. The molecule has 5 heteroatoms. The van der Waals surface area contributed by atoms with Crippen LogP contribution in [0, 0.1) is 0 Å². The van der Waals surface area contributed by atoms with Crippen LogP contribution in [0.5, 0.6) is 5.75 Å². The fourth-order valence-electron chi connectivity index (χ4n) is 1.60. The molecule has 2 amide bonds. The summed E-state index contributed by atoms with van der Waals surface area (Å²) in [6.07, 6.45) is 0.429. The molecule has 0 heterocycles. The van der Waals surface area contributed by atoms with Crippen molar-refractivity contribution >= 4 is 11.8 Å². The van der Waals surface area contributed by atoms with Crippen molar-refractivity contribution < 1.29 is 14.3 Å². The molecule has 0 spiro atoms. The number of benzene rings is 1. The molecule has 0 atom stereocenters. The van der Waals surface area contributed by atoms with Gasteiger partial charge >= 0.3 is 0 Å². The van der Waals surface area contributed by atoms with Gasteiger partial charge in [0.2, 0.25) is 11.8 Å². The largest absolute Gasteiger partial charge is 0.488 e. The number of carbonyl (C=O) groups excluding carboxylic acids is 2. The summed E-state index contributed by atoms with van der Waals surface area (Å²) in [5.41, 5.74) is 5.64. The average Bonchev–Trinajstić information content (AvgIpc) is 2.29. The maximum Gasteiger partial charge on any atom is 0.224 e. The number of ether oxygens (including phenoxy) is 1. The highest BCUT2D eigenvalue weighted by Crippen LogP contribution is 2.18. The van der Waals surface area contributed by atoms with E-state index in [4.69, 9.17) is 10.5 Å². The van der Waals surface area contributed by atoms with Crippen molar-refractivity contribution in [2.45, 2.75) is 39.2 Å². The standard InChI is InChI=1S/C15H22N2O3/c1-15(2,3)20-12-6-4-11(5-7-12)10-14(19)17-9-8-13(16)18/h4-7H,8-10H2,1-3H3,(H2,16,18)(H,17,19). The van der Waals surface area contributed by atoms with Crippen molar-refractivity contribution in [3.8, 4) is 5.75 Å². The fraction of sp³-hybridized carbons (Fsp3) is 0.467. The van der Waals surface area contributed by atoms with Crippen molar-refractivity contribution in [2.75, 3.05) is 6.54 Å². The van der Waals surface area contributed by atoms with Crippen molar-refractivity contribution in [1.82, 2.24) is 5.32 Å². The molecule has 0 aliphatic heterocycles. The number of primary amides is 1. The van der Waals surface area contributed by atoms with Crippen LogP contribution in [-0.4, -0.2) is 24.0 Å². The lowest BCUT2D eigenvalue weighted by molar-refractivity contribution is -0.120. The molecule has 1 rings (SSSR count). The molecule has 0 bridgehead atoms. The molecule has 1 aromatic carbocycles. The van der Waals surface area contributed by atoms with Crippen molar-refractivity contribution in [3.63, 3.8) is 0 Å². The lowest BCUT2D eigenvalue weighted by atomic mass is 10.1. The zero-order valence-corrected chi connectivity index (χ0v) is 12.2. The SMILES string of the molecule is CC(C)(C)Oc1ccc(CC(=O)NCCC(N)=O)cc1. The Morgan fingerprint density at radius 1 is 1.20 bits per heavy atom. The van der Waals surface area contributed by atoms with Gasteiger partial charge in [-0.2, -0.15) is 0 Å². The summed E-state index contributed by atoms with van der Waals surface area (Å²) < 4.78 is 5.70. The highest BCUT2D eigenvalue weighted by atomic mass is 16.5. The zero-order chi connectivity index (χ0) is 15.2. The predicted molar refractivity (Wildman–Crippen MR) is 77.3 cm³/mol. The van der Waals surface area contributed by atoms with E-state index in [0.717, 1.165) is 11.3 Å². The normalized spacial score (nSPS) is 10.9. The average molecular weight is 278 g/mol. The van der Waals surface area contributed by atoms with E-state index < -0.39 is 5.91 Å². The van der Waals surface area contributed by atoms with E-state index >= 15 is 0 Å².